The van der Waals surface area contributed by atoms with E-state index in [0.29, 0.717) is 6.07 Å². The molecule has 3 N–H and O–H groups in total. The second-order valence-corrected chi connectivity index (χ2v) is 11.0. The average molecular weight is 569 g/mol. The monoisotopic (exact) mass is 569 g/mol. The summed E-state index contributed by atoms with van der Waals surface area (Å²) in [4.78, 5) is 9.13. The third-order valence-corrected chi connectivity index (χ3v) is 7.52. The van der Waals surface area contributed by atoms with E-state index in [1.54, 1.807) is 0 Å². The molecule has 0 saturated heterocycles. The van der Waals surface area contributed by atoms with E-state index in [1.807, 2.05) is 0 Å². The fourth-order valence-electron chi connectivity index (χ4n) is 3.75. The summed E-state index contributed by atoms with van der Waals surface area (Å²) in [6, 6.07) is 6.20. The molecule has 0 amide bonds. The van der Waals surface area contributed by atoms with Crippen LogP contribution in [0.3, 0.4) is 0 Å². The number of benzene rings is 4. The summed E-state index contributed by atoms with van der Waals surface area (Å²) in [6.45, 7) is 1.04. The molecule has 0 bridgehead atoms. The average Bonchev–Trinajstić information content (AvgIpc) is 2.63. The Balaban J connectivity index is 0.00000204. The van der Waals surface area contributed by atoms with Gasteiger partial charge in [-0.1, -0.05) is 18.2 Å². The van der Waals surface area contributed by atoms with Crippen molar-refractivity contribution in [2.75, 3.05) is 0 Å². The number of rotatable bonds is 4. The van der Waals surface area contributed by atoms with Gasteiger partial charge in [-0.2, -0.15) is 25.3 Å². The molecule has 0 aromatic heterocycles. The van der Waals surface area contributed by atoms with Crippen LogP contribution in [0.15, 0.2) is 51.1 Å². The van der Waals surface area contributed by atoms with Crippen LogP contribution in [0.4, 0.5) is 0 Å². The van der Waals surface area contributed by atoms with Crippen molar-refractivity contribution in [2.45, 2.75) is 21.6 Å². The normalized spacial score (nSPS) is 12.1. The van der Waals surface area contributed by atoms with E-state index in [9.17, 15) is 43.7 Å². The number of hydrogen-bond acceptors (Lipinski definition) is 8. The van der Waals surface area contributed by atoms with Gasteiger partial charge in [0.25, 0.3) is 30.4 Å². The summed E-state index contributed by atoms with van der Waals surface area (Å²) in [7, 11) is -14.9. The molecule has 4 aromatic rings. The van der Waals surface area contributed by atoms with Gasteiger partial charge in [0.15, 0.2) is 0 Å². The van der Waals surface area contributed by atoms with Crippen molar-refractivity contribution in [1.29, 1.82) is 0 Å². The standard InChI is InChI=1S/C18H12O11S3.3Na/c1-8(19)29-13-6-14(30(20,21)22)10-4-5-12-16(32(26,27)28)7-15(31(23,24)25)11-3-2-9(13)17(10)18(11)12;;;/h2-7H,1H3,(H,20,21,22)(H,23,24,25)(H,26,27,28);;;. The van der Waals surface area contributed by atoms with Crippen LogP contribution in [0.1, 0.15) is 6.92 Å². The number of carbonyl (C=O) groups excluding carboxylic acids is 1. The van der Waals surface area contributed by atoms with Gasteiger partial charge in [-0.3, -0.25) is 18.5 Å². The zero-order valence-electron chi connectivity index (χ0n) is 18.8. The minimum absolute atomic E-state index is 0. The molecule has 0 spiro atoms. The molecule has 171 valence electrons. The number of esters is 1. The van der Waals surface area contributed by atoms with Crippen LogP contribution >= 0.6 is 0 Å². The number of hydrogen-bond donors (Lipinski definition) is 3. The van der Waals surface area contributed by atoms with Gasteiger partial charge in [0.05, 0.1) is 0 Å². The molecule has 17 heteroatoms. The van der Waals surface area contributed by atoms with Crippen molar-refractivity contribution in [3.63, 3.8) is 0 Å². The zero-order chi connectivity index (χ0) is 23.8. The SMILES string of the molecule is CC(=O)Oc1cc(S(=O)(=O)O)c2ccc3c(S(=O)(=O)O)cc(S(=O)(=O)O)c4ccc1c2c43.[Na].[Na].[Na]. The summed E-state index contributed by atoms with van der Waals surface area (Å²) in [6.07, 6.45) is 0. The summed E-state index contributed by atoms with van der Waals surface area (Å²) in [5.41, 5.74) is 0. The van der Waals surface area contributed by atoms with Gasteiger partial charge in [-0.05, 0) is 12.1 Å². The Kier molecular flexibility index (Phi) is 10.5. The van der Waals surface area contributed by atoms with E-state index in [-0.39, 0.29) is 127 Å². The maximum Gasteiger partial charge on any atom is 0.308 e. The van der Waals surface area contributed by atoms with Gasteiger partial charge < -0.3 is 4.74 Å². The fourth-order valence-corrected chi connectivity index (χ4v) is 5.95. The smallest absolute Gasteiger partial charge is 0.308 e. The molecule has 0 atom stereocenters. The van der Waals surface area contributed by atoms with Crippen LogP contribution in [-0.2, 0) is 35.1 Å². The minimum atomic E-state index is -5.01. The minimum Gasteiger partial charge on any atom is -0.426 e. The molecule has 0 aliphatic heterocycles. The third kappa shape index (κ3) is 6.08. The van der Waals surface area contributed by atoms with E-state index < -0.39 is 51.0 Å². The predicted molar refractivity (Wildman–Crippen MR) is 128 cm³/mol. The first kappa shape index (κ1) is 33.1. The van der Waals surface area contributed by atoms with E-state index in [4.69, 9.17) is 4.74 Å². The Morgan fingerprint density at radius 1 is 0.629 bits per heavy atom. The quantitative estimate of drug-likeness (QED) is 0.105. The zero-order valence-corrected chi connectivity index (χ0v) is 27.2. The number of ether oxygens (including phenoxy) is 1. The molecule has 0 unspecified atom stereocenters. The summed E-state index contributed by atoms with van der Waals surface area (Å²) in [5.74, 6) is -1.14. The fraction of sp³-hybridized carbons (Fsp3) is 0.0556. The molecular weight excluding hydrogens is 557 g/mol. The van der Waals surface area contributed by atoms with Crippen molar-refractivity contribution in [3.8, 4) is 5.75 Å². The molecule has 11 nitrogen and oxygen atoms in total. The Bertz CT molecular complexity index is 1750. The Labute approximate surface area is 266 Å². The van der Waals surface area contributed by atoms with Crippen LogP contribution in [-0.4, -0.2) is 134 Å². The van der Waals surface area contributed by atoms with Crippen LogP contribution in [0.2, 0.25) is 0 Å². The molecule has 3 radical (unpaired) electrons. The van der Waals surface area contributed by atoms with Gasteiger partial charge in [-0.25, -0.2) is 0 Å². The first-order valence-electron chi connectivity index (χ1n) is 8.50. The maximum absolute atomic E-state index is 12.0. The molecule has 0 saturated carbocycles. The Morgan fingerprint density at radius 3 is 1.29 bits per heavy atom. The second-order valence-electron chi connectivity index (χ2n) is 6.84. The van der Waals surface area contributed by atoms with Crippen LogP contribution < -0.4 is 4.74 Å². The Morgan fingerprint density at radius 2 is 0.943 bits per heavy atom. The third-order valence-electron chi connectivity index (χ3n) is 4.83. The molecule has 4 aromatic carbocycles. The molecule has 0 aliphatic carbocycles. The molecule has 35 heavy (non-hydrogen) atoms. The van der Waals surface area contributed by atoms with Crippen molar-refractivity contribution in [1.82, 2.24) is 0 Å². The molecule has 0 aliphatic rings. The first-order chi connectivity index (χ1) is 14.6. The Hall–Kier alpha value is 0.120. The van der Waals surface area contributed by atoms with Gasteiger partial charge in [-0.15, -0.1) is 0 Å². The molecule has 0 heterocycles. The maximum atomic E-state index is 12.0. The van der Waals surface area contributed by atoms with Crippen molar-refractivity contribution in [2.24, 2.45) is 0 Å². The van der Waals surface area contributed by atoms with E-state index in [0.717, 1.165) is 25.1 Å². The largest absolute Gasteiger partial charge is 0.426 e. The van der Waals surface area contributed by atoms with Crippen molar-refractivity contribution in [3.05, 3.63) is 36.4 Å². The summed E-state index contributed by atoms with van der Waals surface area (Å²) >= 11 is 0. The van der Waals surface area contributed by atoms with Crippen LogP contribution in [0, 0.1) is 0 Å². The molecule has 0 fully saturated rings. The predicted octanol–water partition coefficient (Wildman–Crippen LogP) is 1.11. The van der Waals surface area contributed by atoms with Crippen LogP contribution in [0.25, 0.3) is 32.3 Å². The van der Waals surface area contributed by atoms with Crippen molar-refractivity contribution >= 4 is 157 Å². The van der Waals surface area contributed by atoms with Gasteiger partial charge >= 0.3 is 5.97 Å². The first-order valence-corrected chi connectivity index (χ1v) is 12.8. The van der Waals surface area contributed by atoms with Gasteiger partial charge in [0, 0.05) is 134 Å². The van der Waals surface area contributed by atoms with Gasteiger partial charge in [0.1, 0.15) is 20.4 Å². The van der Waals surface area contributed by atoms with Crippen LogP contribution in [0.5, 0.6) is 5.75 Å². The topological polar surface area (TPSA) is 189 Å². The molecule has 4 rings (SSSR count). The van der Waals surface area contributed by atoms with E-state index >= 15 is 0 Å². The van der Waals surface area contributed by atoms with E-state index in [1.165, 1.54) is 12.1 Å². The van der Waals surface area contributed by atoms with E-state index in [2.05, 4.69) is 0 Å². The second kappa shape index (κ2) is 11.1. The number of carbonyl (C=O) groups is 1. The van der Waals surface area contributed by atoms with Gasteiger partial charge in [0.2, 0.25) is 0 Å². The summed E-state index contributed by atoms with van der Waals surface area (Å²) in [5, 5.41) is -0.716. The van der Waals surface area contributed by atoms with Crippen molar-refractivity contribution < 1.29 is 48.4 Å². The summed E-state index contributed by atoms with van der Waals surface area (Å²) < 4.78 is 106. The molecular formula is C18H12Na3O11S3.